The number of ether oxygens (including phenoxy) is 1. The summed E-state index contributed by atoms with van der Waals surface area (Å²) in [6.45, 7) is 17.1. The lowest BCUT2D eigenvalue weighted by molar-refractivity contribution is -0.135. The van der Waals surface area contributed by atoms with Crippen LogP contribution in [0.25, 0.3) is 17.1 Å². The first kappa shape index (κ1) is 61.0. The first-order valence-electron chi connectivity index (χ1n) is 28.1. The van der Waals surface area contributed by atoms with Gasteiger partial charge >= 0.3 is 6.01 Å². The van der Waals surface area contributed by atoms with Crippen molar-refractivity contribution < 1.29 is 48.8 Å². The van der Waals surface area contributed by atoms with Crippen molar-refractivity contribution in [2.24, 2.45) is 11.8 Å². The van der Waals surface area contributed by atoms with E-state index in [-0.39, 0.29) is 98.2 Å². The Balaban J connectivity index is 0.908. The maximum Gasteiger partial charge on any atom is 0.319 e. The molecule has 434 valence electrons. The minimum absolute atomic E-state index is 0.0300. The molecule has 0 bridgehead atoms. The number of benzene rings is 4. The number of hydrogen-bond acceptors (Lipinski definition) is 14. The number of phenolic OH excluding ortho intramolecular Hbond substituents is 2. The first-order chi connectivity index (χ1) is 38.7. The predicted octanol–water partition coefficient (Wildman–Crippen LogP) is 5.06. The van der Waals surface area contributed by atoms with E-state index in [0.717, 1.165) is 16.7 Å². The second-order valence-electron chi connectivity index (χ2n) is 22.7. The largest absolute Gasteiger partial charge is 0.508 e. The molecule has 0 spiro atoms. The van der Waals surface area contributed by atoms with Gasteiger partial charge in [-0.1, -0.05) is 119 Å². The second kappa shape index (κ2) is 28.1. The van der Waals surface area contributed by atoms with E-state index in [1.165, 1.54) is 10.6 Å². The molecule has 1 aromatic heterocycles. The minimum Gasteiger partial charge on any atom is -0.508 e. The van der Waals surface area contributed by atoms with Crippen LogP contribution in [-0.4, -0.2) is 151 Å². The van der Waals surface area contributed by atoms with Gasteiger partial charge in [0, 0.05) is 58.2 Å². The molecule has 2 aliphatic rings. The molecule has 5 aromatic rings. The fourth-order valence-corrected chi connectivity index (χ4v) is 10.0. The summed E-state index contributed by atoms with van der Waals surface area (Å²) < 4.78 is 6.88. The van der Waals surface area contributed by atoms with E-state index in [2.05, 4.69) is 41.7 Å². The zero-order valence-corrected chi connectivity index (χ0v) is 47.6. The molecule has 20 nitrogen and oxygen atoms in total. The molecule has 4 aromatic carbocycles. The number of amides is 5. The van der Waals surface area contributed by atoms with Gasteiger partial charge < -0.3 is 46.6 Å². The van der Waals surface area contributed by atoms with Crippen LogP contribution < -0.4 is 26.6 Å². The van der Waals surface area contributed by atoms with Crippen LogP contribution in [0.2, 0.25) is 0 Å². The number of rotatable bonds is 28. The molecule has 8 N–H and O–H groups in total. The topological polar surface area (TPSA) is 273 Å². The SMILES string of the molecule is CC(C)C[C@H](NC(=O)[C@H](CCc1ccccc1)NC(=O)CCNC(=O)CN1CCN(Cc2ccc(-n3c(O)nnc3-c3cc(C(C)C)c(O)cc3O)cc2)CC1)C(=O)N[C@@H](Cc1ccccc1)C(=O)N[C@@H](CC(C)C)C(=O)[C@@]1(C)CO1. The number of nitrogens with one attached hydrogen (secondary N) is 5. The maximum atomic E-state index is 14.3. The number of phenols is 2. The van der Waals surface area contributed by atoms with Crippen LogP contribution in [0.3, 0.4) is 0 Å². The van der Waals surface area contributed by atoms with Crippen LogP contribution in [0, 0.1) is 11.8 Å². The van der Waals surface area contributed by atoms with Gasteiger partial charge in [-0.3, -0.25) is 38.6 Å². The summed E-state index contributed by atoms with van der Waals surface area (Å²) in [6, 6.07) is 24.8. The number of carbonyl (C=O) groups is 6. The van der Waals surface area contributed by atoms with E-state index in [1.54, 1.807) is 13.0 Å². The molecular formula is C61H80N10O10. The van der Waals surface area contributed by atoms with Gasteiger partial charge in [0.1, 0.15) is 35.2 Å². The van der Waals surface area contributed by atoms with Gasteiger partial charge in [-0.25, -0.2) is 4.57 Å². The van der Waals surface area contributed by atoms with Crippen molar-refractivity contribution in [1.82, 2.24) is 51.1 Å². The van der Waals surface area contributed by atoms with Crippen molar-refractivity contribution in [2.45, 2.75) is 129 Å². The summed E-state index contributed by atoms with van der Waals surface area (Å²) in [5.41, 5.74) is 3.31. The summed E-state index contributed by atoms with van der Waals surface area (Å²) in [6.07, 6.45) is 1.30. The number of Topliss-reactive ketones (excluding diaryl/α,β-unsaturated/α-hetero) is 1. The molecule has 5 atom stereocenters. The first-order valence-corrected chi connectivity index (χ1v) is 28.1. The highest BCUT2D eigenvalue weighted by molar-refractivity contribution is 5.99. The number of aromatic hydroxyl groups is 3. The number of aromatic nitrogens is 3. The number of carbonyl (C=O) groups excluding carboxylic acids is 6. The van der Waals surface area contributed by atoms with E-state index >= 15 is 0 Å². The van der Waals surface area contributed by atoms with Crippen LogP contribution in [0.5, 0.6) is 17.5 Å². The Hall–Kier alpha value is -7.68. The monoisotopic (exact) mass is 1110 g/mol. The van der Waals surface area contributed by atoms with Gasteiger partial charge in [0.05, 0.1) is 30.4 Å². The van der Waals surface area contributed by atoms with Crippen LogP contribution >= 0.6 is 0 Å². The Morgan fingerprint density at radius 1 is 0.630 bits per heavy atom. The molecular weight excluding hydrogens is 1030 g/mol. The molecule has 0 saturated carbocycles. The van der Waals surface area contributed by atoms with E-state index in [0.29, 0.717) is 62.4 Å². The lowest BCUT2D eigenvalue weighted by atomic mass is 9.93. The highest BCUT2D eigenvalue weighted by Crippen LogP contribution is 2.39. The molecule has 2 aliphatic heterocycles. The number of nitrogens with zero attached hydrogens (tertiary/aromatic N) is 5. The third-order valence-corrected chi connectivity index (χ3v) is 14.7. The predicted molar refractivity (Wildman–Crippen MR) is 306 cm³/mol. The standard InChI is InChI=1S/C61H80N10O10/c1-38(2)30-48(55(76)61(7)37-81-61)64-59(79)50(32-42-16-12-9-13-17-42)66-58(78)49(31-39(3)4)65-57(77)47(23-20-41-14-10-8-11-15-41)63-53(74)24-25-62-54(75)36-70-28-26-69(27-29-70)35-43-18-21-44(22-19-43)71-56(67-68-60(71)80)46-33-45(40(5)6)51(72)34-52(46)73/h8-19,21-22,33-34,38-40,47-50,72-73H,20,23-32,35-37H2,1-7H3,(H,62,75)(H,63,74)(H,64,79)(H,65,77)(H,66,78)(H,68,80)/t47-,48-,49-,50-,61+/m0/s1. The minimum atomic E-state index is -1.09. The zero-order valence-electron chi connectivity index (χ0n) is 47.6. The van der Waals surface area contributed by atoms with Crippen molar-refractivity contribution in [3.05, 3.63) is 119 Å². The van der Waals surface area contributed by atoms with Crippen LogP contribution in [0.15, 0.2) is 97.1 Å². The van der Waals surface area contributed by atoms with Gasteiger partial charge in [0.2, 0.25) is 29.5 Å². The highest BCUT2D eigenvalue weighted by atomic mass is 16.6. The second-order valence-corrected chi connectivity index (χ2v) is 22.7. The summed E-state index contributed by atoms with van der Waals surface area (Å²) >= 11 is 0. The number of aryl methyl sites for hydroxylation is 1. The zero-order chi connectivity index (χ0) is 58.4. The van der Waals surface area contributed by atoms with E-state index in [1.807, 2.05) is 131 Å². The Labute approximate surface area is 474 Å². The number of epoxide rings is 1. The van der Waals surface area contributed by atoms with E-state index in [4.69, 9.17) is 4.74 Å². The van der Waals surface area contributed by atoms with E-state index in [9.17, 15) is 44.1 Å². The Morgan fingerprint density at radius 2 is 1.20 bits per heavy atom. The van der Waals surface area contributed by atoms with Gasteiger partial charge in [-0.15, -0.1) is 5.10 Å². The average Bonchev–Trinajstić information content (AvgIpc) is 4.21. The summed E-state index contributed by atoms with van der Waals surface area (Å²) in [7, 11) is 0. The van der Waals surface area contributed by atoms with Crippen molar-refractivity contribution in [2.75, 3.05) is 45.9 Å². The summed E-state index contributed by atoms with van der Waals surface area (Å²) in [4.78, 5) is 87.3. The molecule has 20 heteroatoms. The van der Waals surface area contributed by atoms with E-state index < -0.39 is 53.4 Å². The molecule has 2 fully saturated rings. The molecule has 0 unspecified atom stereocenters. The molecule has 5 amide bonds. The third kappa shape index (κ3) is 17.4. The molecule has 2 saturated heterocycles. The normalized spacial score (nSPS) is 17.0. The van der Waals surface area contributed by atoms with Crippen molar-refractivity contribution in [3.8, 4) is 34.6 Å². The third-order valence-electron chi connectivity index (χ3n) is 14.7. The molecule has 3 heterocycles. The quantitative estimate of drug-likeness (QED) is 0.0304. The number of hydrogen-bond donors (Lipinski definition) is 8. The highest BCUT2D eigenvalue weighted by Gasteiger charge is 2.50. The Bertz CT molecular complexity index is 2940. The fraction of sp³-hybridized carbons (Fsp3) is 0.475. The Morgan fingerprint density at radius 3 is 1.81 bits per heavy atom. The van der Waals surface area contributed by atoms with Crippen LogP contribution in [-0.2, 0) is 52.9 Å². The molecule has 0 radical (unpaired) electrons. The smallest absolute Gasteiger partial charge is 0.319 e. The average molecular weight is 1110 g/mol. The van der Waals surface area contributed by atoms with Gasteiger partial charge in [-0.05, 0) is 90.8 Å². The molecule has 0 aliphatic carbocycles. The van der Waals surface area contributed by atoms with Crippen molar-refractivity contribution in [3.63, 3.8) is 0 Å². The Kier molecular flexibility index (Phi) is 21.2. The van der Waals surface area contributed by atoms with Gasteiger partial charge in [-0.2, -0.15) is 0 Å². The maximum absolute atomic E-state index is 14.3. The lowest BCUT2D eigenvalue weighted by Gasteiger charge is -2.34. The molecule has 81 heavy (non-hydrogen) atoms. The van der Waals surface area contributed by atoms with Crippen molar-refractivity contribution >= 4 is 35.3 Å². The fourth-order valence-electron chi connectivity index (χ4n) is 10.0. The van der Waals surface area contributed by atoms with Gasteiger partial charge in [0.15, 0.2) is 11.6 Å². The number of piperazine rings is 1. The lowest BCUT2D eigenvalue weighted by Crippen LogP contribution is -2.59. The molecule has 7 rings (SSSR count). The number of ketones is 1. The summed E-state index contributed by atoms with van der Waals surface area (Å²) in [5, 5.41) is 54.2. The van der Waals surface area contributed by atoms with Crippen molar-refractivity contribution in [1.29, 1.82) is 0 Å². The van der Waals surface area contributed by atoms with Crippen LogP contribution in [0.1, 0.15) is 102 Å². The van der Waals surface area contributed by atoms with Crippen LogP contribution in [0.4, 0.5) is 0 Å². The van der Waals surface area contributed by atoms with Gasteiger partial charge in [0.25, 0.3) is 0 Å². The summed E-state index contributed by atoms with van der Waals surface area (Å²) in [5.74, 6) is -2.63.